The molecule has 1 aliphatic heterocycles. The number of nitrogens with zero attached hydrogens (tertiary/aromatic N) is 4. The monoisotopic (exact) mass is 414 g/mol. The molecule has 152 valence electrons. The third kappa shape index (κ3) is 3.92. The molecule has 0 saturated heterocycles. The van der Waals surface area contributed by atoms with Gasteiger partial charge in [-0.25, -0.2) is 0 Å². The van der Waals surface area contributed by atoms with Crippen LogP contribution in [0.4, 0.5) is 17.1 Å². The Kier molecular flexibility index (Phi) is 5.07. The lowest BCUT2D eigenvalue weighted by atomic mass is 10.00. The Morgan fingerprint density at radius 1 is 0.806 bits per heavy atom. The minimum atomic E-state index is -0.526. The number of nitro benzene ring substituents is 2. The van der Waals surface area contributed by atoms with Crippen LogP contribution in [0.5, 0.6) is 0 Å². The van der Waals surface area contributed by atoms with Crippen LogP contribution >= 0.6 is 0 Å². The first-order chi connectivity index (χ1) is 14.9. The van der Waals surface area contributed by atoms with E-state index in [1.165, 1.54) is 42.5 Å². The zero-order valence-electron chi connectivity index (χ0n) is 15.9. The summed E-state index contributed by atoms with van der Waals surface area (Å²) in [7, 11) is 0. The fourth-order valence-electron chi connectivity index (χ4n) is 3.14. The first kappa shape index (κ1) is 19.6. The van der Waals surface area contributed by atoms with Gasteiger partial charge in [0.05, 0.1) is 21.1 Å². The van der Waals surface area contributed by atoms with Gasteiger partial charge in [-0.1, -0.05) is 42.5 Å². The van der Waals surface area contributed by atoms with Gasteiger partial charge in [0.1, 0.15) is 5.71 Å². The number of hydrogen-bond acceptors (Lipinski definition) is 6. The van der Waals surface area contributed by atoms with Crippen molar-refractivity contribution in [1.29, 1.82) is 0 Å². The van der Waals surface area contributed by atoms with Crippen LogP contribution in [0.3, 0.4) is 0 Å². The van der Waals surface area contributed by atoms with E-state index in [1.54, 1.807) is 24.3 Å². The predicted octanol–water partition coefficient (Wildman–Crippen LogP) is 4.34. The van der Waals surface area contributed by atoms with Crippen LogP contribution in [0.25, 0.3) is 6.08 Å². The maximum atomic E-state index is 13.2. The Labute approximate surface area is 175 Å². The fraction of sp³-hybridized carbons (Fsp3) is 0. The largest absolute Gasteiger partial charge is 0.281 e. The molecule has 0 atom stereocenters. The van der Waals surface area contributed by atoms with Crippen LogP contribution in [0, 0.1) is 20.2 Å². The number of non-ortho nitro benzene ring substituents is 2. The van der Waals surface area contributed by atoms with Gasteiger partial charge >= 0.3 is 0 Å². The number of amides is 1. The van der Waals surface area contributed by atoms with Crippen molar-refractivity contribution in [2.45, 2.75) is 0 Å². The number of carbonyl (C=O) groups excluding carboxylic acids is 1. The number of anilines is 1. The summed E-state index contributed by atoms with van der Waals surface area (Å²) in [5.74, 6) is -0.445. The number of rotatable bonds is 5. The average molecular weight is 414 g/mol. The van der Waals surface area contributed by atoms with Crippen molar-refractivity contribution in [3.63, 3.8) is 0 Å². The molecule has 1 heterocycles. The number of hydrogen-bond donors (Lipinski definition) is 0. The Bertz CT molecular complexity index is 1250. The Balaban J connectivity index is 1.79. The minimum absolute atomic E-state index is 0.0924. The summed E-state index contributed by atoms with van der Waals surface area (Å²) in [5, 5.41) is 27.6. The van der Waals surface area contributed by atoms with Crippen molar-refractivity contribution in [3.05, 3.63) is 116 Å². The smallest absolute Gasteiger partial charge is 0.267 e. The molecule has 9 heteroatoms. The van der Waals surface area contributed by atoms with E-state index in [-0.39, 0.29) is 16.9 Å². The van der Waals surface area contributed by atoms with Crippen molar-refractivity contribution in [2.75, 3.05) is 5.01 Å². The predicted molar refractivity (Wildman–Crippen MR) is 115 cm³/mol. The highest BCUT2D eigenvalue weighted by Crippen LogP contribution is 2.29. The second-order valence-electron chi connectivity index (χ2n) is 6.62. The maximum Gasteiger partial charge on any atom is 0.281 e. The molecule has 3 aromatic carbocycles. The first-order valence-corrected chi connectivity index (χ1v) is 9.13. The van der Waals surface area contributed by atoms with E-state index < -0.39 is 15.8 Å². The molecule has 0 spiro atoms. The molecule has 31 heavy (non-hydrogen) atoms. The second-order valence-corrected chi connectivity index (χ2v) is 6.62. The lowest BCUT2D eigenvalue weighted by Crippen LogP contribution is -2.21. The van der Waals surface area contributed by atoms with Gasteiger partial charge in [-0.3, -0.25) is 25.0 Å². The Hall–Kier alpha value is -4.66. The number of hydrazone groups is 1. The lowest BCUT2D eigenvalue weighted by molar-refractivity contribution is -0.385. The molecule has 0 radical (unpaired) electrons. The lowest BCUT2D eigenvalue weighted by Gasteiger charge is -2.11. The zero-order valence-corrected chi connectivity index (χ0v) is 15.9. The summed E-state index contributed by atoms with van der Waals surface area (Å²) < 4.78 is 0. The van der Waals surface area contributed by atoms with Gasteiger partial charge in [-0.2, -0.15) is 10.1 Å². The van der Waals surface area contributed by atoms with E-state index in [0.717, 1.165) is 5.01 Å². The van der Waals surface area contributed by atoms with Crippen LogP contribution in [0.1, 0.15) is 11.1 Å². The van der Waals surface area contributed by atoms with Gasteiger partial charge in [-0.05, 0) is 23.8 Å². The molecule has 0 unspecified atom stereocenters. The molecule has 0 aliphatic carbocycles. The molecule has 1 amide bonds. The van der Waals surface area contributed by atoms with Crippen molar-refractivity contribution in [3.8, 4) is 0 Å². The van der Waals surface area contributed by atoms with E-state index in [1.807, 2.05) is 18.2 Å². The summed E-state index contributed by atoms with van der Waals surface area (Å²) in [5.41, 5.74) is 2.00. The third-order valence-electron chi connectivity index (χ3n) is 4.62. The first-order valence-electron chi connectivity index (χ1n) is 9.13. The molecule has 9 nitrogen and oxygen atoms in total. The summed E-state index contributed by atoms with van der Waals surface area (Å²) in [6.45, 7) is 0. The normalized spacial score (nSPS) is 14.6. The van der Waals surface area contributed by atoms with Crippen LogP contribution in [0.2, 0.25) is 0 Å². The van der Waals surface area contributed by atoms with Crippen LogP contribution < -0.4 is 5.01 Å². The maximum absolute atomic E-state index is 13.2. The molecule has 0 bridgehead atoms. The highest BCUT2D eigenvalue weighted by Gasteiger charge is 2.32. The summed E-state index contributed by atoms with van der Waals surface area (Å²) >= 11 is 0. The van der Waals surface area contributed by atoms with E-state index in [9.17, 15) is 25.0 Å². The third-order valence-corrected chi connectivity index (χ3v) is 4.62. The molecule has 0 fully saturated rings. The van der Waals surface area contributed by atoms with Crippen molar-refractivity contribution >= 4 is 34.8 Å². The molecule has 0 saturated carbocycles. The molecule has 0 N–H and O–H groups in total. The van der Waals surface area contributed by atoms with Crippen molar-refractivity contribution in [2.24, 2.45) is 5.10 Å². The summed E-state index contributed by atoms with van der Waals surface area (Å²) in [6.07, 6.45) is 1.55. The standard InChI is InChI=1S/C22H14N4O5/c27-22-20(14-15-5-4-8-19(13-15)26(30)31)21(16-6-2-1-3-7-16)23-24(22)17-9-11-18(12-10-17)25(28)29/h1-14H/b20-14-. The van der Waals surface area contributed by atoms with Crippen molar-refractivity contribution in [1.82, 2.24) is 0 Å². The van der Waals surface area contributed by atoms with Gasteiger partial charge in [0, 0.05) is 29.8 Å². The van der Waals surface area contributed by atoms with E-state index >= 15 is 0 Å². The van der Waals surface area contributed by atoms with Crippen LogP contribution in [-0.2, 0) is 4.79 Å². The molecule has 4 rings (SSSR count). The molecule has 3 aromatic rings. The van der Waals surface area contributed by atoms with Gasteiger partial charge < -0.3 is 0 Å². The Morgan fingerprint density at radius 3 is 2.13 bits per heavy atom. The second kappa shape index (κ2) is 7.99. The highest BCUT2D eigenvalue weighted by molar-refractivity contribution is 6.37. The topological polar surface area (TPSA) is 119 Å². The van der Waals surface area contributed by atoms with Gasteiger partial charge in [0.15, 0.2) is 0 Å². The molecular formula is C22H14N4O5. The number of benzene rings is 3. The summed E-state index contributed by atoms with van der Waals surface area (Å²) in [4.78, 5) is 34.2. The molecule has 0 aromatic heterocycles. The van der Waals surface area contributed by atoms with Gasteiger partial charge in [0.2, 0.25) is 0 Å². The minimum Gasteiger partial charge on any atom is -0.267 e. The van der Waals surface area contributed by atoms with E-state index in [2.05, 4.69) is 5.10 Å². The SMILES string of the molecule is O=C1/C(=C\c2cccc([N+](=O)[O-])c2)C(c2ccccc2)=NN1c1ccc([N+](=O)[O-])cc1. The quantitative estimate of drug-likeness (QED) is 0.349. The van der Waals surface area contributed by atoms with E-state index in [0.29, 0.717) is 22.5 Å². The molecular weight excluding hydrogens is 400 g/mol. The number of carbonyl (C=O) groups is 1. The van der Waals surface area contributed by atoms with Gasteiger partial charge in [-0.15, -0.1) is 0 Å². The van der Waals surface area contributed by atoms with Gasteiger partial charge in [0.25, 0.3) is 17.3 Å². The number of nitro groups is 2. The molecule has 1 aliphatic rings. The average Bonchev–Trinajstić information content (AvgIpc) is 3.10. The zero-order chi connectivity index (χ0) is 22.0. The van der Waals surface area contributed by atoms with Crippen molar-refractivity contribution < 1.29 is 14.6 Å². The summed E-state index contributed by atoms with van der Waals surface area (Å²) in [6, 6.07) is 20.5. The van der Waals surface area contributed by atoms with Crippen LogP contribution in [0.15, 0.2) is 89.5 Å². The Morgan fingerprint density at radius 2 is 1.48 bits per heavy atom. The highest BCUT2D eigenvalue weighted by atomic mass is 16.6. The fourth-order valence-corrected chi connectivity index (χ4v) is 3.14. The van der Waals surface area contributed by atoms with E-state index in [4.69, 9.17) is 0 Å². The van der Waals surface area contributed by atoms with Crippen LogP contribution in [-0.4, -0.2) is 21.5 Å².